The van der Waals surface area contributed by atoms with E-state index in [9.17, 15) is 0 Å². The van der Waals surface area contributed by atoms with Crippen molar-refractivity contribution in [2.24, 2.45) is 0 Å². The van der Waals surface area contributed by atoms with E-state index in [1.807, 2.05) is 6.20 Å². The summed E-state index contributed by atoms with van der Waals surface area (Å²) in [6.45, 7) is 3.79. The van der Waals surface area contributed by atoms with Crippen LogP contribution in [0.15, 0.2) is 12.4 Å². The Bertz CT molecular complexity index is 380. The molecule has 1 heterocycles. The second kappa shape index (κ2) is 8.90. The van der Waals surface area contributed by atoms with E-state index in [1.54, 1.807) is 6.20 Å². The van der Waals surface area contributed by atoms with Gasteiger partial charge in [0.05, 0.1) is 18.5 Å². The Balaban J connectivity index is 1.58. The summed E-state index contributed by atoms with van der Waals surface area (Å²) in [4.78, 5) is 8.67. The van der Waals surface area contributed by atoms with Crippen molar-refractivity contribution >= 4 is 0 Å². The van der Waals surface area contributed by atoms with Crippen LogP contribution >= 0.6 is 0 Å². The number of hydrogen-bond donors (Lipinski definition) is 1. The molecule has 1 aliphatic carbocycles. The second-order valence-electron chi connectivity index (χ2n) is 5.62. The molecule has 1 aromatic rings. The predicted molar refractivity (Wildman–Crippen MR) is 80.8 cm³/mol. The average Bonchev–Trinajstić information content (AvgIpc) is 3.29. The number of nitrogens with zero attached hydrogens (tertiary/aromatic N) is 2. The minimum Gasteiger partial charge on any atom is -0.477 e. The van der Waals surface area contributed by atoms with E-state index in [0.717, 1.165) is 25.3 Å². The number of unbranched alkanes of at least 4 members (excludes halogenated alkanes) is 5. The lowest BCUT2D eigenvalue weighted by Crippen LogP contribution is -2.16. The zero-order valence-corrected chi connectivity index (χ0v) is 12.6. The summed E-state index contributed by atoms with van der Waals surface area (Å²) >= 11 is 0. The minimum absolute atomic E-state index is 0.661. The van der Waals surface area contributed by atoms with Gasteiger partial charge in [-0.1, -0.05) is 39.0 Å². The molecule has 1 aromatic heterocycles. The molecule has 0 atom stereocenters. The molecule has 0 unspecified atom stereocenters. The highest BCUT2D eigenvalue weighted by Crippen LogP contribution is 2.19. The normalized spacial score (nSPS) is 14.4. The van der Waals surface area contributed by atoms with Crippen molar-refractivity contribution in [1.29, 1.82) is 0 Å². The van der Waals surface area contributed by atoms with E-state index in [2.05, 4.69) is 22.2 Å². The van der Waals surface area contributed by atoms with E-state index in [0.29, 0.717) is 11.9 Å². The predicted octanol–water partition coefficient (Wildman–Crippen LogP) is 3.47. The molecule has 1 fully saturated rings. The van der Waals surface area contributed by atoms with Gasteiger partial charge >= 0.3 is 0 Å². The maximum atomic E-state index is 5.67. The minimum atomic E-state index is 0.661. The molecule has 0 spiro atoms. The van der Waals surface area contributed by atoms with Gasteiger partial charge in [-0.2, -0.15) is 0 Å². The molecule has 0 saturated heterocycles. The van der Waals surface area contributed by atoms with Crippen LogP contribution in [0.3, 0.4) is 0 Å². The molecule has 0 amide bonds. The molecule has 20 heavy (non-hydrogen) atoms. The molecule has 1 saturated carbocycles. The molecule has 2 rings (SSSR count). The van der Waals surface area contributed by atoms with Gasteiger partial charge in [0, 0.05) is 18.8 Å². The third-order valence-corrected chi connectivity index (χ3v) is 3.56. The van der Waals surface area contributed by atoms with Crippen molar-refractivity contribution in [1.82, 2.24) is 15.3 Å². The number of nitrogens with one attached hydrogen (secondary N) is 1. The van der Waals surface area contributed by atoms with Crippen molar-refractivity contribution in [2.75, 3.05) is 6.61 Å². The fraction of sp³-hybridized carbons (Fsp3) is 0.750. The van der Waals surface area contributed by atoms with Crippen LogP contribution in [-0.4, -0.2) is 22.6 Å². The van der Waals surface area contributed by atoms with Gasteiger partial charge < -0.3 is 10.1 Å². The molecule has 4 nitrogen and oxygen atoms in total. The van der Waals surface area contributed by atoms with E-state index in [1.165, 1.54) is 44.9 Å². The quantitative estimate of drug-likeness (QED) is 0.629. The zero-order chi connectivity index (χ0) is 14.0. The van der Waals surface area contributed by atoms with Gasteiger partial charge in [0.15, 0.2) is 0 Å². The van der Waals surface area contributed by atoms with Crippen LogP contribution in [-0.2, 0) is 6.54 Å². The van der Waals surface area contributed by atoms with Gasteiger partial charge in [0.2, 0.25) is 5.88 Å². The highest BCUT2D eigenvalue weighted by atomic mass is 16.5. The molecule has 0 aromatic carbocycles. The SMILES string of the molecule is CCCCCCCCOc1cncc(CNC2CC2)n1. The molecule has 1 aliphatic rings. The van der Waals surface area contributed by atoms with Crippen molar-refractivity contribution in [3.63, 3.8) is 0 Å². The van der Waals surface area contributed by atoms with Gasteiger partial charge in [0.25, 0.3) is 0 Å². The second-order valence-corrected chi connectivity index (χ2v) is 5.62. The van der Waals surface area contributed by atoms with Gasteiger partial charge in [-0.3, -0.25) is 4.98 Å². The Labute approximate surface area is 122 Å². The summed E-state index contributed by atoms with van der Waals surface area (Å²) in [6.07, 6.45) is 13.8. The molecule has 0 bridgehead atoms. The fourth-order valence-electron chi connectivity index (χ4n) is 2.14. The number of hydrogen-bond acceptors (Lipinski definition) is 4. The van der Waals surface area contributed by atoms with E-state index < -0.39 is 0 Å². The van der Waals surface area contributed by atoms with Crippen LogP contribution in [0.2, 0.25) is 0 Å². The fourth-order valence-corrected chi connectivity index (χ4v) is 2.14. The van der Waals surface area contributed by atoms with Gasteiger partial charge in [0.1, 0.15) is 0 Å². The molecule has 1 N–H and O–H groups in total. The molecule has 0 radical (unpaired) electrons. The Kier molecular flexibility index (Phi) is 6.78. The van der Waals surface area contributed by atoms with Crippen molar-refractivity contribution in [2.45, 2.75) is 70.9 Å². The maximum absolute atomic E-state index is 5.67. The van der Waals surface area contributed by atoms with Gasteiger partial charge in [-0.15, -0.1) is 0 Å². The summed E-state index contributed by atoms with van der Waals surface area (Å²) in [5.41, 5.74) is 0.970. The van der Waals surface area contributed by atoms with E-state index >= 15 is 0 Å². The molecule has 0 aliphatic heterocycles. The van der Waals surface area contributed by atoms with Gasteiger partial charge in [-0.05, 0) is 19.3 Å². The Morgan fingerprint density at radius 3 is 2.75 bits per heavy atom. The first-order valence-electron chi connectivity index (χ1n) is 8.05. The van der Waals surface area contributed by atoms with Crippen LogP contribution in [0.25, 0.3) is 0 Å². The molecule has 4 heteroatoms. The lowest BCUT2D eigenvalue weighted by Gasteiger charge is -2.07. The third kappa shape index (κ3) is 6.33. The Hall–Kier alpha value is -1.16. The standard InChI is InChI=1S/C16H27N3O/c1-2-3-4-5-6-7-10-20-16-13-17-11-15(19-16)12-18-14-8-9-14/h11,13-14,18H,2-10,12H2,1H3. The summed E-state index contributed by atoms with van der Waals surface area (Å²) in [7, 11) is 0. The monoisotopic (exact) mass is 277 g/mol. The van der Waals surface area contributed by atoms with Gasteiger partial charge in [-0.25, -0.2) is 4.98 Å². The van der Waals surface area contributed by atoms with E-state index in [-0.39, 0.29) is 0 Å². The van der Waals surface area contributed by atoms with Crippen molar-refractivity contribution in [3.05, 3.63) is 18.1 Å². The van der Waals surface area contributed by atoms with Crippen LogP contribution in [0.1, 0.15) is 64.0 Å². The van der Waals surface area contributed by atoms with Crippen molar-refractivity contribution in [3.8, 4) is 5.88 Å². The molecular weight excluding hydrogens is 250 g/mol. The van der Waals surface area contributed by atoms with Crippen molar-refractivity contribution < 1.29 is 4.74 Å². The molecular formula is C16H27N3O. The summed E-state index contributed by atoms with van der Waals surface area (Å²) in [5, 5.41) is 3.44. The lowest BCUT2D eigenvalue weighted by molar-refractivity contribution is 0.291. The summed E-state index contributed by atoms with van der Waals surface area (Å²) in [5.74, 6) is 0.661. The van der Waals surface area contributed by atoms with Crippen LogP contribution in [0.5, 0.6) is 5.88 Å². The number of aromatic nitrogens is 2. The zero-order valence-electron chi connectivity index (χ0n) is 12.6. The largest absolute Gasteiger partial charge is 0.477 e. The first-order chi connectivity index (χ1) is 9.88. The van der Waals surface area contributed by atoms with Crippen LogP contribution in [0, 0.1) is 0 Å². The number of ether oxygens (including phenoxy) is 1. The first kappa shape index (κ1) is 15.2. The highest BCUT2D eigenvalue weighted by Gasteiger charge is 2.20. The molecule has 112 valence electrons. The Morgan fingerprint density at radius 2 is 1.95 bits per heavy atom. The van der Waals surface area contributed by atoms with Crippen LogP contribution < -0.4 is 10.1 Å². The first-order valence-corrected chi connectivity index (χ1v) is 8.05. The Morgan fingerprint density at radius 1 is 1.15 bits per heavy atom. The smallest absolute Gasteiger partial charge is 0.232 e. The summed E-state index contributed by atoms with van der Waals surface area (Å²) < 4.78 is 5.67. The highest BCUT2D eigenvalue weighted by molar-refractivity contribution is 5.08. The van der Waals surface area contributed by atoms with Crippen LogP contribution in [0.4, 0.5) is 0 Å². The maximum Gasteiger partial charge on any atom is 0.232 e. The lowest BCUT2D eigenvalue weighted by atomic mass is 10.1. The number of rotatable bonds is 11. The topological polar surface area (TPSA) is 47.0 Å². The third-order valence-electron chi connectivity index (χ3n) is 3.56. The van der Waals surface area contributed by atoms with E-state index in [4.69, 9.17) is 4.74 Å². The average molecular weight is 277 g/mol. The summed E-state index contributed by atoms with van der Waals surface area (Å²) in [6, 6.07) is 0.699.